The van der Waals surface area contributed by atoms with Gasteiger partial charge in [0.2, 0.25) is 0 Å². The quantitative estimate of drug-likeness (QED) is 0.408. The molecule has 3 aromatic rings. The van der Waals surface area contributed by atoms with Crippen LogP contribution in [0.3, 0.4) is 0 Å². The minimum Gasteiger partial charge on any atom is -0.497 e. The SMILES string of the molecule is C=CC1C[N+]2(Cc3ccccc3)CC[C@H]1CC2C(O)c1ccnc2ccc(OC)cc12.Cl. The van der Waals surface area contributed by atoms with Gasteiger partial charge in [-0.2, -0.15) is 0 Å². The van der Waals surface area contributed by atoms with Crippen molar-refractivity contribution in [3.63, 3.8) is 0 Å². The Hall–Kier alpha value is -2.40. The number of methoxy groups -OCH3 is 1. The van der Waals surface area contributed by atoms with Gasteiger partial charge in [-0.05, 0) is 35.7 Å². The lowest BCUT2D eigenvalue weighted by molar-refractivity contribution is -0.984. The molecule has 0 amide bonds. The van der Waals surface area contributed by atoms with Crippen LogP contribution in [0.5, 0.6) is 5.75 Å². The number of hydrogen-bond acceptors (Lipinski definition) is 3. The molecule has 3 aliphatic rings. The smallest absolute Gasteiger partial charge is 0.131 e. The highest BCUT2D eigenvalue weighted by molar-refractivity contribution is 5.85. The van der Waals surface area contributed by atoms with E-state index in [4.69, 9.17) is 4.74 Å². The van der Waals surface area contributed by atoms with Crippen molar-refractivity contribution in [1.82, 2.24) is 4.98 Å². The van der Waals surface area contributed by atoms with Crippen LogP contribution < -0.4 is 4.74 Å². The van der Waals surface area contributed by atoms with E-state index in [1.165, 1.54) is 12.0 Å². The fourth-order valence-corrected chi connectivity index (χ4v) is 6.07. The van der Waals surface area contributed by atoms with Crippen LogP contribution in [0.15, 0.2) is 73.4 Å². The summed E-state index contributed by atoms with van der Waals surface area (Å²) in [6, 6.07) is 18.8. The van der Waals surface area contributed by atoms with Gasteiger partial charge in [-0.3, -0.25) is 4.98 Å². The van der Waals surface area contributed by atoms with Crippen LogP contribution in [0.1, 0.15) is 30.1 Å². The minimum atomic E-state index is -0.546. The van der Waals surface area contributed by atoms with Gasteiger partial charge in [0.25, 0.3) is 0 Å². The van der Waals surface area contributed by atoms with Crippen LogP contribution in [-0.2, 0) is 6.54 Å². The van der Waals surface area contributed by atoms with Gasteiger partial charge in [-0.15, -0.1) is 19.0 Å². The van der Waals surface area contributed by atoms with Crippen molar-refractivity contribution >= 4 is 23.3 Å². The Morgan fingerprint density at radius 3 is 2.78 bits per heavy atom. The van der Waals surface area contributed by atoms with E-state index in [0.717, 1.165) is 52.8 Å². The molecule has 0 aliphatic carbocycles. The third-order valence-electron chi connectivity index (χ3n) is 7.68. The number of benzene rings is 2. The molecule has 4 heterocycles. The van der Waals surface area contributed by atoms with E-state index in [-0.39, 0.29) is 18.4 Å². The van der Waals surface area contributed by atoms with Crippen molar-refractivity contribution in [2.45, 2.75) is 31.5 Å². The van der Waals surface area contributed by atoms with Crippen LogP contribution in [0, 0.1) is 11.8 Å². The van der Waals surface area contributed by atoms with E-state index >= 15 is 0 Å². The van der Waals surface area contributed by atoms with Crippen LogP contribution in [0.2, 0.25) is 0 Å². The number of aliphatic hydroxyl groups is 1. The molecule has 2 bridgehead atoms. The van der Waals surface area contributed by atoms with E-state index < -0.39 is 6.10 Å². The summed E-state index contributed by atoms with van der Waals surface area (Å²) in [4.78, 5) is 4.52. The van der Waals surface area contributed by atoms with Gasteiger partial charge in [-0.1, -0.05) is 36.4 Å². The molecular formula is C27H32ClN2O2+. The zero-order chi connectivity index (χ0) is 21.4. The van der Waals surface area contributed by atoms with Gasteiger partial charge in [0.05, 0.1) is 25.7 Å². The maximum Gasteiger partial charge on any atom is 0.131 e. The highest BCUT2D eigenvalue weighted by Crippen LogP contribution is 2.48. The van der Waals surface area contributed by atoms with Crippen LogP contribution in [0.25, 0.3) is 10.9 Å². The number of aliphatic hydroxyl groups excluding tert-OH is 1. The molecule has 32 heavy (non-hydrogen) atoms. The lowest BCUT2D eigenvalue weighted by Gasteiger charge is -2.58. The second-order valence-electron chi connectivity index (χ2n) is 9.25. The molecule has 5 heteroatoms. The number of quaternary nitrogens is 1. The molecule has 4 unspecified atom stereocenters. The van der Waals surface area contributed by atoms with Crippen LogP contribution in [0.4, 0.5) is 0 Å². The standard InChI is InChI=1S/C27H31N2O2.ClH/c1-3-20-18-29(17-19-7-5-4-6-8-19)14-12-21(20)15-26(29)27(30)23-11-13-28-25-10-9-22(31-2)16-24(23)25;/h3-11,13,16,20-21,26-27,30H,1,12,14-15,17-18H2,2H3;1H/q+1;/t20?,21-,26?,27?,29?;/m0./s1. The van der Waals surface area contributed by atoms with Gasteiger partial charge in [0.15, 0.2) is 0 Å². The van der Waals surface area contributed by atoms with E-state index in [1.807, 2.05) is 30.5 Å². The van der Waals surface area contributed by atoms with Crippen molar-refractivity contribution in [3.8, 4) is 5.75 Å². The number of pyridine rings is 1. The highest BCUT2D eigenvalue weighted by Gasteiger charge is 2.53. The maximum absolute atomic E-state index is 11.8. The summed E-state index contributed by atoms with van der Waals surface area (Å²) in [7, 11) is 1.68. The van der Waals surface area contributed by atoms with Gasteiger partial charge >= 0.3 is 0 Å². The summed E-state index contributed by atoms with van der Waals surface area (Å²) in [5.74, 6) is 1.92. The predicted octanol–water partition coefficient (Wildman–Crippen LogP) is 5.31. The molecule has 5 atom stereocenters. The average molecular weight is 452 g/mol. The first-order chi connectivity index (χ1) is 15.1. The summed E-state index contributed by atoms with van der Waals surface area (Å²) in [5.41, 5.74) is 3.19. The van der Waals surface area contributed by atoms with E-state index in [9.17, 15) is 5.11 Å². The van der Waals surface area contributed by atoms with Gasteiger partial charge in [-0.25, -0.2) is 0 Å². The highest BCUT2D eigenvalue weighted by atomic mass is 35.5. The molecule has 1 N–H and O–H groups in total. The summed E-state index contributed by atoms with van der Waals surface area (Å²) in [5, 5.41) is 12.8. The van der Waals surface area contributed by atoms with Crippen molar-refractivity contribution < 1.29 is 14.3 Å². The molecule has 168 valence electrons. The summed E-state index contributed by atoms with van der Waals surface area (Å²) >= 11 is 0. The zero-order valence-corrected chi connectivity index (χ0v) is 19.4. The lowest BCUT2D eigenvalue weighted by Crippen LogP contribution is -2.67. The Labute approximate surface area is 196 Å². The first kappa shape index (κ1) is 22.8. The Kier molecular flexibility index (Phi) is 6.57. The first-order valence-corrected chi connectivity index (χ1v) is 11.3. The molecule has 6 rings (SSSR count). The van der Waals surface area contributed by atoms with Gasteiger partial charge < -0.3 is 14.3 Å². The number of fused-ring (bicyclic) bond motifs is 4. The zero-order valence-electron chi connectivity index (χ0n) is 18.6. The fraction of sp³-hybridized carbons (Fsp3) is 0.370. The maximum atomic E-state index is 11.8. The molecule has 3 fully saturated rings. The second-order valence-corrected chi connectivity index (χ2v) is 9.25. The molecule has 0 spiro atoms. The topological polar surface area (TPSA) is 42.4 Å². The molecule has 3 saturated heterocycles. The summed E-state index contributed by atoms with van der Waals surface area (Å²) in [6.45, 7) is 7.25. The van der Waals surface area contributed by atoms with Gasteiger partial charge in [0, 0.05) is 35.9 Å². The normalized spacial score (nSPS) is 27.5. The minimum absolute atomic E-state index is 0. The predicted molar refractivity (Wildman–Crippen MR) is 131 cm³/mol. The van der Waals surface area contributed by atoms with Crippen LogP contribution >= 0.6 is 12.4 Å². The van der Waals surface area contributed by atoms with Crippen LogP contribution in [-0.4, -0.2) is 40.8 Å². The molecule has 1 aromatic heterocycles. The lowest BCUT2D eigenvalue weighted by atomic mass is 9.71. The van der Waals surface area contributed by atoms with Crippen molar-refractivity contribution in [1.29, 1.82) is 0 Å². The first-order valence-electron chi connectivity index (χ1n) is 11.3. The number of halogens is 1. The Bertz CT molecular complexity index is 1090. The Morgan fingerprint density at radius 2 is 2.03 bits per heavy atom. The number of piperidine rings is 3. The number of ether oxygens (including phenoxy) is 1. The largest absolute Gasteiger partial charge is 0.497 e. The third kappa shape index (κ3) is 3.92. The molecule has 2 aromatic carbocycles. The van der Waals surface area contributed by atoms with Crippen molar-refractivity contribution in [2.75, 3.05) is 20.2 Å². The fourth-order valence-electron chi connectivity index (χ4n) is 6.07. The molecular weight excluding hydrogens is 420 g/mol. The number of rotatable bonds is 6. The van der Waals surface area contributed by atoms with Crippen molar-refractivity contribution in [2.24, 2.45) is 11.8 Å². The average Bonchev–Trinajstić information content (AvgIpc) is 2.83. The Morgan fingerprint density at radius 1 is 1.22 bits per heavy atom. The second kappa shape index (κ2) is 9.22. The summed E-state index contributed by atoms with van der Waals surface area (Å²) in [6.07, 6.45) is 5.65. The third-order valence-corrected chi connectivity index (χ3v) is 7.68. The van der Waals surface area contributed by atoms with Crippen molar-refractivity contribution in [3.05, 3.63) is 84.6 Å². The molecule has 4 nitrogen and oxygen atoms in total. The summed E-state index contributed by atoms with van der Waals surface area (Å²) < 4.78 is 6.38. The molecule has 3 aliphatic heterocycles. The molecule has 0 saturated carbocycles. The van der Waals surface area contributed by atoms with Gasteiger partial charge in [0.1, 0.15) is 24.4 Å². The Balaban J connectivity index is 0.00000245. The number of nitrogens with zero attached hydrogens (tertiary/aromatic N) is 2. The number of aromatic nitrogens is 1. The van der Waals surface area contributed by atoms with E-state index in [2.05, 4.69) is 48.0 Å². The number of hydrogen-bond donors (Lipinski definition) is 1. The monoisotopic (exact) mass is 451 g/mol. The van der Waals surface area contributed by atoms with E-state index in [0.29, 0.717) is 11.8 Å². The van der Waals surface area contributed by atoms with E-state index in [1.54, 1.807) is 7.11 Å². The molecule has 0 radical (unpaired) electrons.